The molecule has 0 saturated heterocycles. The van der Waals surface area contributed by atoms with Crippen LogP contribution in [0.25, 0.3) is 0 Å². The number of aliphatic hydroxyl groups is 1. The maximum absolute atomic E-state index is 10.2. The van der Waals surface area contributed by atoms with Crippen molar-refractivity contribution in [1.82, 2.24) is 9.78 Å². The molecule has 1 N–H and O–H groups in total. The van der Waals surface area contributed by atoms with Gasteiger partial charge >= 0.3 is 0 Å². The molecule has 1 unspecified atom stereocenters. The van der Waals surface area contributed by atoms with Crippen molar-refractivity contribution in [3.63, 3.8) is 0 Å². The van der Waals surface area contributed by atoms with Crippen molar-refractivity contribution in [2.75, 3.05) is 21.3 Å². The Kier molecular flexibility index (Phi) is 4.92. The van der Waals surface area contributed by atoms with E-state index >= 15 is 0 Å². The predicted molar refractivity (Wildman–Crippen MR) is 61.9 cm³/mol. The summed E-state index contributed by atoms with van der Waals surface area (Å²) < 4.78 is 17.0. The number of ether oxygens (including phenoxy) is 3. The van der Waals surface area contributed by atoms with E-state index in [4.69, 9.17) is 14.2 Å². The Morgan fingerprint density at radius 3 is 2.24 bits per heavy atom. The molecule has 0 aliphatic rings. The van der Waals surface area contributed by atoms with Crippen molar-refractivity contribution >= 4 is 0 Å². The summed E-state index contributed by atoms with van der Waals surface area (Å²) >= 11 is 0. The monoisotopic (exact) mass is 244 g/mol. The second kappa shape index (κ2) is 6.00. The molecule has 0 spiro atoms. The number of aliphatic hydroxyl groups excluding tert-OH is 1. The molecule has 98 valence electrons. The van der Waals surface area contributed by atoms with Crippen LogP contribution in [0.15, 0.2) is 6.20 Å². The summed E-state index contributed by atoms with van der Waals surface area (Å²) in [6.07, 6.45) is -0.135. The molecular formula is C11H20N2O4. The van der Waals surface area contributed by atoms with E-state index < -0.39 is 12.4 Å². The van der Waals surface area contributed by atoms with Crippen LogP contribution in [-0.2, 0) is 9.47 Å². The Bertz CT molecular complexity index is 347. The third kappa shape index (κ3) is 2.77. The van der Waals surface area contributed by atoms with Crippen LogP contribution in [0.4, 0.5) is 0 Å². The molecule has 0 fully saturated rings. The highest BCUT2D eigenvalue weighted by Crippen LogP contribution is 2.30. The van der Waals surface area contributed by atoms with Gasteiger partial charge in [0.1, 0.15) is 11.8 Å². The number of hydrogen-bond donors (Lipinski definition) is 1. The van der Waals surface area contributed by atoms with Gasteiger partial charge in [0.2, 0.25) is 0 Å². The van der Waals surface area contributed by atoms with E-state index in [2.05, 4.69) is 5.10 Å². The predicted octanol–water partition coefficient (Wildman–Crippen LogP) is 1.12. The van der Waals surface area contributed by atoms with Gasteiger partial charge in [0, 0.05) is 20.3 Å². The SMILES string of the molecule is COc1cnn(C(C)C)c1C(O)C(OC)OC. The molecule has 6 nitrogen and oxygen atoms in total. The van der Waals surface area contributed by atoms with Crippen molar-refractivity contribution in [2.24, 2.45) is 0 Å². The first-order valence-electron chi connectivity index (χ1n) is 5.41. The lowest BCUT2D eigenvalue weighted by atomic mass is 10.2. The van der Waals surface area contributed by atoms with Gasteiger partial charge in [-0.2, -0.15) is 5.10 Å². The standard InChI is InChI=1S/C11H20N2O4/c1-7(2)13-9(8(15-3)6-12-13)10(14)11(16-4)17-5/h6-7,10-11,14H,1-5H3. The zero-order valence-electron chi connectivity index (χ0n) is 10.9. The zero-order chi connectivity index (χ0) is 13.0. The van der Waals surface area contributed by atoms with E-state index in [1.807, 2.05) is 13.8 Å². The molecule has 0 aliphatic heterocycles. The minimum Gasteiger partial charge on any atom is -0.493 e. The molecule has 1 atom stereocenters. The molecule has 0 saturated carbocycles. The zero-order valence-corrected chi connectivity index (χ0v) is 10.9. The lowest BCUT2D eigenvalue weighted by Crippen LogP contribution is -2.26. The van der Waals surface area contributed by atoms with Gasteiger partial charge in [0.15, 0.2) is 12.0 Å². The molecule has 1 aromatic rings. The van der Waals surface area contributed by atoms with Crippen molar-refractivity contribution in [3.8, 4) is 5.75 Å². The van der Waals surface area contributed by atoms with Gasteiger partial charge in [-0.3, -0.25) is 4.68 Å². The highest BCUT2D eigenvalue weighted by atomic mass is 16.7. The van der Waals surface area contributed by atoms with Crippen molar-refractivity contribution in [3.05, 3.63) is 11.9 Å². The van der Waals surface area contributed by atoms with Crippen LogP contribution in [0.5, 0.6) is 5.75 Å². The molecule has 0 aromatic carbocycles. The summed E-state index contributed by atoms with van der Waals surface area (Å²) in [5, 5.41) is 14.4. The molecule has 1 heterocycles. The van der Waals surface area contributed by atoms with Crippen LogP contribution in [0, 0.1) is 0 Å². The summed E-state index contributed by atoms with van der Waals surface area (Å²) in [7, 11) is 4.48. The highest BCUT2D eigenvalue weighted by molar-refractivity contribution is 5.28. The minimum absolute atomic E-state index is 0.109. The Hall–Kier alpha value is -1.11. The average molecular weight is 244 g/mol. The summed E-state index contributed by atoms with van der Waals surface area (Å²) in [6, 6.07) is 0.109. The maximum Gasteiger partial charge on any atom is 0.188 e. The first-order valence-corrected chi connectivity index (χ1v) is 5.41. The maximum atomic E-state index is 10.2. The van der Waals surface area contributed by atoms with Crippen LogP contribution in [0.1, 0.15) is 31.7 Å². The fourth-order valence-corrected chi connectivity index (χ4v) is 1.69. The lowest BCUT2D eigenvalue weighted by molar-refractivity contribution is -0.168. The highest BCUT2D eigenvalue weighted by Gasteiger charge is 2.28. The summed E-state index contributed by atoms with van der Waals surface area (Å²) in [5.41, 5.74) is 0.552. The normalized spacial score (nSPS) is 13.4. The topological polar surface area (TPSA) is 65.7 Å². The molecule has 0 amide bonds. The lowest BCUT2D eigenvalue weighted by Gasteiger charge is -2.22. The number of aromatic nitrogens is 2. The number of rotatable bonds is 6. The van der Waals surface area contributed by atoms with Crippen molar-refractivity contribution in [2.45, 2.75) is 32.3 Å². The van der Waals surface area contributed by atoms with E-state index in [0.717, 1.165) is 0 Å². The molecule has 0 bridgehead atoms. The molecule has 1 aromatic heterocycles. The number of methoxy groups -OCH3 is 3. The second-order valence-electron chi connectivity index (χ2n) is 3.92. The van der Waals surface area contributed by atoms with Gasteiger partial charge in [0.05, 0.1) is 13.3 Å². The van der Waals surface area contributed by atoms with Gasteiger partial charge < -0.3 is 19.3 Å². The third-order valence-electron chi connectivity index (χ3n) is 2.51. The Balaban J connectivity index is 3.12. The van der Waals surface area contributed by atoms with Crippen molar-refractivity contribution in [1.29, 1.82) is 0 Å². The molecule has 0 aliphatic carbocycles. The van der Waals surface area contributed by atoms with E-state index in [0.29, 0.717) is 11.4 Å². The van der Waals surface area contributed by atoms with Gasteiger partial charge in [-0.1, -0.05) is 0 Å². The van der Waals surface area contributed by atoms with Crippen LogP contribution < -0.4 is 4.74 Å². The molecular weight excluding hydrogens is 224 g/mol. The molecule has 6 heteroatoms. The summed E-state index contributed by atoms with van der Waals surface area (Å²) in [6.45, 7) is 3.94. The third-order valence-corrected chi connectivity index (χ3v) is 2.51. The smallest absolute Gasteiger partial charge is 0.188 e. The first-order chi connectivity index (χ1) is 8.06. The molecule has 17 heavy (non-hydrogen) atoms. The summed E-state index contributed by atoms with van der Waals surface area (Å²) in [5.74, 6) is 0.519. The van der Waals surface area contributed by atoms with E-state index in [-0.39, 0.29) is 6.04 Å². The Morgan fingerprint density at radius 1 is 1.24 bits per heavy atom. The van der Waals surface area contributed by atoms with Crippen LogP contribution in [-0.4, -0.2) is 42.5 Å². The van der Waals surface area contributed by atoms with Crippen LogP contribution >= 0.6 is 0 Å². The van der Waals surface area contributed by atoms with Gasteiger partial charge in [0.25, 0.3) is 0 Å². The Labute approximate surface area is 101 Å². The number of hydrogen-bond acceptors (Lipinski definition) is 5. The van der Waals surface area contributed by atoms with Crippen LogP contribution in [0.3, 0.4) is 0 Å². The van der Waals surface area contributed by atoms with Gasteiger partial charge in [-0.05, 0) is 13.8 Å². The largest absolute Gasteiger partial charge is 0.493 e. The van der Waals surface area contributed by atoms with E-state index in [1.165, 1.54) is 21.3 Å². The fourth-order valence-electron chi connectivity index (χ4n) is 1.69. The van der Waals surface area contributed by atoms with Crippen LogP contribution in [0.2, 0.25) is 0 Å². The van der Waals surface area contributed by atoms with Crippen molar-refractivity contribution < 1.29 is 19.3 Å². The fraction of sp³-hybridized carbons (Fsp3) is 0.727. The molecule has 0 radical (unpaired) electrons. The minimum atomic E-state index is -0.954. The summed E-state index contributed by atoms with van der Waals surface area (Å²) in [4.78, 5) is 0. The number of nitrogens with zero attached hydrogens (tertiary/aromatic N) is 2. The quantitative estimate of drug-likeness (QED) is 0.760. The average Bonchev–Trinajstić information content (AvgIpc) is 2.73. The van der Waals surface area contributed by atoms with Gasteiger partial charge in [-0.15, -0.1) is 0 Å². The second-order valence-corrected chi connectivity index (χ2v) is 3.92. The Morgan fingerprint density at radius 2 is 1.82 bits per heavy atom. The van der Waals surface area contributed by atoms with E-state index in [9.17, 15) is 5.11 Å². The van der Waals surface area contributed by atoms with E-state index in [1.54, 1.807) is 10.9 Å². The van der Waals surface area contributed by atoms with Gasteiger partial charge in [-0.25, -0.2) is 0 Å². The molecule has 1 rings (SSSR count). The first kappa shape index (κ1) is 14.0.